The van der Waals surface area contributed by atoms with E-state index in [1.165, 1.54) is 32.7 Å². The molecule has 4 heterocycles. The van der Waals surface area contributed by atoms with Gasteiger partial charge in [0.15, 0.2) is 34.9 Å². The molecule has 394 valence electrons. The Hall–Kier alpha value is -10.2. The standard InChI is InChI=1S/C74H58N8/c1-73(2,3)53-37-41-63-57(45-53)55-31-19-21-33-61(55)81(63)65-39-35-51(43-59(65)71-77-67(47-23-11-7-12-24-47)75-68(78-71)48-25-13-8-14-26-48)52-36-40-66(82-62-34-22-20-32-56(62)58-46-54(74(4,5)6)38-42-64(58)82)60(44-52)72-79-69(49-27-15-9-16-28-49)76-70(80-72)50-29-17-10-18-30-50/h7-46H,1-6H3. The minimum Gasteiger partial charge on any atom is -0.309 e. The lowest BCUT2D eigenvalue weighted by Gasteiger charge is -2.20. The molecule has 8 heteroatoms. The maximum absolute atomic E-state index is 5.41. The molecular formula is C74H58N8. The molecule has 0 amide bonds. The van der Waals surface area contributed by atoms with Gasteiger partial charge in [-0.3, -0.25) is 0 Å². The van der Waals surface area contributed by atoms with Gasteiger partial charge in [-0.05, 0) is 93.7 Å². The average molecular weight is 1060 g/mol. The lowest BCUT2D eigenvalue weighted by atomic mass is 9.86. The molecule has 0 aliphatic rings. The zero-order valence-electron chi connectivity index (χ0n) is 46.7. The van der Waals surface area contributed by atoms with Gasteiger partial charge in [-0.25, -0.2) is 29.9 Å². The summed E-state index contributed by atoms with van der Waals surface area (Å²) in [6.45, 7) is 13.6. The molecule has 82 heavy (non-hydrogen) atoms. The molecule has 0 radical (unpaired) electrons. The maximum Gasteiger partial charge on any atom is 0.166 e. The third kappa shape index (κ3) is 8.99. The second-order valence-corrected chi connectivity index (χ2v) is 23.2. The van der Waals surface area contributed by atoms with E-state index in [-0.39, 0.29) is 10.8 Å². The Morgan fingerprint density at radius 2 is 0.537 bits per heavy atom. The number of hydrogen-bond donors (Lipinski definition) is 0. The monoisotopic (exact) mass is 1060 g/mol. The molecule has 14 rings (SSSR count). The van der Waals surface area contributed by atoms with E-state index >= 15 is 0 Å². The third-order valence-electron chi connectivity index (χ3n) is 15.8. The van der Waals surface area contributed by atoms with E-state index in [1.54, 1.807) is 0 Å². The first kappa shape index (κ1) is 50.1. The largest absolute Gasteiger partial charge is 0.309 e. The predicted molar refractivity (Wildman–Crippen MR) is 337 cm³/mol. The summed E-state index contributed by atoms with van der Waals surface area (Å²) < 4.78 is 4.76. The van der Waals surface area contributed by atoms with Crippen LogP contribution in [0.1, 0.15) is 52.7 Å². The fourth-order valence-corrected chi connectivity index (χ4v) is 11.4. The van der Waals surface area contributed by atoms with Crippen molar-refractivity contribution in [2.45, 2.75) is 52.4 Å². The van der Waals surface area contributed by atoms with Gasteiger partial charge < -0.3 is 9.13 Å². The Bertz CT molecular complexity index is 4320. The molecule has 8 nitrogen and oxygen atoms in total. The Labute approximate surface area is 477 Å². The van der Waals surface area contributed by atoms with Gasteiger partial charge in [0.05, 0.1) is 33.4 Å². The van der Waals surface area contributed by atoms with E-state index < -0.39 is 0 Å². The topological polar surface area (TPSA) is 87.2 Å². The number of rotatable bonds is 9. The summed E-state index contributed by atoms with van der Waals surface area (Å²) in [7, 11) is 0. The predicted octanol–water partition coefficient (Wildman–Crippen LogP) is 18.5. The van der Waals surface area contributed by atoms with Gasteiger partial charge in [0.1, 0.15) is 0 Å². The highest BCUT2D eigenvalue weighted by Gasteiger charge is 2.26. The molecule has 0 atom stereocenters. The first-order valence-electron chi connectivity index (χ1n) is 28.0. The van der Waals surface area contributed by atoms with E-state index in [0.29, 0.717) is 34.9 Å². The lowest BCUT2D eigenvalue weighted by Crippen LogP contribution is -2.10. The lowest BCUT2D eigenvalue weighted by molar-refractivity contribution is 0.591. The quantitative estimate of drug-likeness (QED) is 0.143. The first-order chi connectivity index (χ1) is 39.9. The minimum absolute atomic E-state index is 0.0456. The highest BCUT2D eigenvalue weighted by Crippen LogP contribution is 2.43. The summed E-state index contributed by atoms with van der Waals surface area (Å²) in [6, 6.07) is 85.4. The SMILES string of the molecule is CC(C)(C)c1ccc2c(c1)c1ccccc1n2-c1ccc(-c2ccc(-n3c4ccccc4c4cc(C(C)(C)C)ccc43)c(-c3nc(-c4ccccc4)nc(-c4ccccc4)n3)c2)cc1-c1nc(-c2ccccc2)nc(-c2ccccc2)n1. The van der Waals surface area contributed by atoms with Crippen molar-refractivity contribution in [3.05, 3.63) is 254 Å². The van der Waals surface area contributed by atoms with Crippen molar-refractivity contribution in [2.75, 3.05) is 0 Å². The van der Waals surface area contributed by atoms with Crippen molar-refractivity contribution in [1.82, 2.24) is 39.0 Å². The molecule has 0 aliphatic carbocycles. The van der Waals surface area contributed by atoms with Crippen LogP contribution < -0.4 is 0 Å². The van der Waals surface area contributed by atoms with Crippen LogP contribution in [-0.2, 0) is 10.8 Å². The van der Waals surface area contributed by atoms with Gasteiger partial charge >= 0.3 is 0 Å². The molecule has 0 unspecified atom stereocenters. The molecule has 0 fully saturated rings. The van der Waals surface area contributed by atoms with Crippen molar-refractivity contribution >= 4 is 43.6 Å². The molecule has 0 spiro atoms. The molecule has 0 N–H and O–H groups in total. The Morgan fingerprint density at radius 3 is 0.866 bits per heavy atom. The van der Waals surface area contributed by atoms with E-state index in [1.807, 2.05) is 72.8 Å². The Kier molecular flexibility index (Phi) is 12.1. The van der Waals surface area contributed by atoms with Crippen LogP contribution in [0.15, 0.2) is 243 Å². The Balaban J connectivity index is 1.06. The molecule has 0 bridgehead atoms. The van der Waals surface area contributed by atoms with Crippen LogP contribution in [0.3, 0.4) is 0 Å². The van der Waals surface area contributed by atoms with Crippen LogP contribution in [-0.4, -0.2) is 39.0 Å². The number of fused-ring (bicyclic) bond motifs is 6. The van der Waals surface area contributed by atoms with Crippen LogP contribution in [0.4, 0.5) is 0 Å². The molecule has 10 aromatic carbocycles. The van der Waals surface area contributed by atoms with Crippen LogP contribution in [0.25, 0.3) is 134 Å². The smallest absolute Gasteiger partial charge is 0.166 e. The zero-order chi connectivity index (χ0) is 55.7. The van der Waals surface area contributed by atoms with E-state index in [0.717, 1.165) is 77.9 Å². The van der Waals surface area contributed by atoms with Crippen LogP contribution in [0, 0.1) is 0 Å². The fraction of sp³-hybridized carbons (Fsp3) is 0.108. The summed E-state index contributed by atoms with van der Waals surface area (Å²) in [5.74, 6) is 3.45. The summed E-state index contributed by atoms with van der Waals surface area (Å²) in [5.41, 5.74) is 15.9. The van der Waals surface area contributed by atoms with Gasteiger partial charge in [-0.2, -0.15) is 0 Å². The third-order valence-corrected chi connectivity index (χ3v) is 15.8. The van der Waals surface area contributed by atoms with Gasteiger partial charge in [0, 0.05) is 54.9 Å². The second-order valence-electron chi connectivity index (χ2n) is 23.2. The number of hydrogen-bond acceptors (Lipinski definition) is 6. The van der Waals surface area contributed by atoms with Crippen molar-refractivity contribution < 1.29 is 0 Å². The highest BCUT2D eigenvalue weighted by atomic mass is 15.1. The number of para-hydroxylation sites is 2. The molecule has 4 aromatic heterocycles. The number of aromatic nitrogens is 8. The first-order valence-corrected chi connectivity index (χ1v) is 28.0. The van der Waals surface area contributed by atoms with Crippen LogP contribution in [0.2, 0.25) is 0 Å². The van der Waals surface area contributed by atoms with Gasteiger partial charge in [-0.15, -0.1) is 0 Å². The van der Waals surface area contributed by atoms with Crippen molar-refractivity contribution in [2.24, 2.45) is 0 Å². The van der Waals surface area contributed by atoms with Gasteiger partial charge in [-0.1, -0.05) is 224 Å². The summed E-state index contributed by atoms with van der Waals surface area (Å²) in [6.07, 6.45) is 0. The maximum atomic E-state index is 5.41. The summed E-state index contributed by atoms with van der Waals surface area (Å²) >= 11 is 0. The van der Waals surface area contributed by atoms with Crippen molar-refractivity contribution in [3.8, 4) is 90.8 Å². The highest BCUT2D eigenvalue weighted by molar-refractivity contribution is 6.11. The van der Waals surface area contributed by atoms with E-state index in [9.17, 15) is 0 Å². The summed E-state index contributed by atoms with van der Waals surface area (Å²) in [5, 5.41) is 4.72. The van der Waals surface area contributed by atoms with Crippen molar-refractivity contribution in [1.29, 1.82) is 0 Å². The fourth-order valence-electron chi connectivity index (χ4n) is 11.4. The Morgan fingerprint density at radius 1 is 0.244 bits per heavy atom. The number of nitrogens with zero attached hydrogens (tertiary/aromatic N) is 8. The minimum atomic E-state index is -0.0456. The van der Waals surface area contributed by atoms with Crippen LogP contribution in [0.5, 0.6) is 0 Å². The van der Waals surface area contributed by atoms with Gasteiger partial charge in [0.2, 0.25) is 0 Å². The second kappa shape index (κ2) is 19.9. The van der Waals surface area contributed by atoms with Crippen molar-refractivity contribution in [3.63, 3.8) is 0 Å². The van der Waals surface area contributed by atoms with Crippen LogP contribution >= 0.6 is 0 Å². The molecule has 14 aromatic rings. The molecule has 0 aliphatic heterocycles. The van der Waals surface area contributed by atoms with E-state index in [4.69, 9.17) is 29.9 Å². The zero-order valence-corrected chi connectivity index (χ0v) is 46.7. The molecule has 0 saturated heterocycles. The normalized spacial score (nSPS) is 12.0. The van der Waals surface area contributed by atoms with E-state index in [2.05, 4.69) is 221 Å². The summed E-state index contributed by atoms with van der Waals surface area (Å²) in [4.78, 5) is 32.0. The number of benzene rings is 10. The average Bonchev–Trinajstić information content (AvgIpc) is 2.47. The van der Waals surface area contributed by atoms with Gasteiger partial charge in [0.25, 0.3) is 0 Å². The molecule has 0 saturated carbocycles. The molecular weight excluding hydrogens is 1000 g/mol.